The highest BCUT2D eigenvalue weighted by molar-refractivity contribution is 8.16. The molecule has 8 nitrogen and oxygen atoms in total. The number of hydrogen-bond acceptors (Lipinski definition) is 7. The molecule has 2 atom stereocenters. The molecule has 1 saturated heterocycles. The van der Waals surface area contributed by atoms with Gasteiger partial charge in [-0.15, -0.1) is 18.3 Å². The Morgan fingerprint density at radius 3 is 2.59 bits per heavy atom. The highest BCUT2D eigenvalue weighted by atomic mass is 32.2. The van der Waals surface area contributed by atoms with E-state index in [9.17, 15) is 18.0 Å². The van der Waals surface area contributed by atoms with Crippen molar-refractivity contribution in [2.24, 2.45) is 10.2 Å². The third-order valence-electron chi connectivity index (χ3n) is 6.50. The quantitative estimate of drug-likeness (QED) is 0.228. The minimum Gasteiger partial charge on any atom is -0.406 e. The summed E-state index contributed by atoms with van der Waals surface area (Å²) in [6, 6.07) is 13.3. The van der Waals surface area contributed by atoms with E-state index in [0.717, 1.165) is 16.8 Å². The largest absolute Gasteiger partial charge is 0.573 e. The molecule has 5 rings (SSSR count). The van der Waals surface area contributed by atoms with Gasteiger partial charge in [0.05, 0.1) is 22.8 Å². The maximum Gasteiger partial charge on any atom is 0.573 e. The van der Waals surface area contributed by atoms with E-state index in [0.29, 0.717) is 23.1 Å². The number of carbonyl (C=O) groups is 1. The molecule has 212 valence electrons. The predicted octanol–water partition coefficient (Wildman–Crippen LogP) is 6.77. The second-order valence-electron chi connectivity index (χ2n) is 9.77. The van der Waals surface area contributed by atoms with Gasteiger partial charge >= 0.3 is 6.36 Å². The first kappa shape index (κ1) is 28.3. The molecular formula is C29H27F3N6O2S. The molecule has 2 heterocycles. The van der Waals surface area contributed by atoms with Crippen molar-refractivity contribution in [1.82, 2.24) is 14.8 Å². The van der Waals surface area contributed by atoms with Crippen molar-refractivity contribution in [1.29, 1.82) is 0 Å². The third-order valence-corrected chi connectivity index (χ3v) is 7.53. The van der Waals surface area contributed by atoms with E-state index in [1.165, 1.54) is 47.0 Å². The number of allylic oxidation sites excluding steroid dienone is 4. The highest BCUT2D eigenvalue weighted by Gasteiger charge is 2.37. The fourth-order valence-electron chi connectivity index (χ4n) is 4.45. The summed E-state index contributed by atoms with van der Waals surface area (Å²) in [7, 11) is 0. The van der Waals surface area contributed by atoms with Crippen LogP contribution in [0.1, 0.15) is 50.4 Å². The van der Waals surface area contributed by atoms with Crippen LogP contribution in [0.25, 0.3) is 5.69 Å². The van der Waals surface area contributed by atoms with Crippen molar-refractivity contribution in [3.8, 4) is 11.4 Å². The Hall–Kier alpha value is -4.19. The van der Waals surface area contributed by atoms with Gasteiger partial charge < -0.3 is 4.74 Å². The Morgan fingerprint density at radius 2 is 1.90 bits per heavy atom. The van der Waals surface area contributed by atoms with Crippen LogP contribution in [0, 0.1) is 0 Å². The van der Waals surface area contributed by atoms with E-state index in [4.69, 9.17) is 0 Å². The number of carbonyl (C=O) groups excluding carboxylic acids is 1. The van der Waals surface area contributed by atoms with E-state index < -0.39 is 6.36 Å². The molecule has 3 aromatic rings. The number of amidine groups is 1. The lowest BCUT2D eigenvalue weighted by Crippen LogP contribution is -2.32. The smallest absolute Gasteiger partial charge is 0.406 e. The van der Waals surface area contributed by atoms with Crippen molar-refractivity contribution in [2.45, 2.75) is 50.6 Å². The Morgan fingerprint density at radius 1 is 1.15 bits per heavy atom. The second-order valence-corrected chi connectivity index (χ2v) is 11.1. The Bertz CT molecular complexity index is 1540. The zero-order chi connectivity index (χ0) is 29.1. The number of benzene rings is 2. The first-order valence-corrected chi connectivity index (χ1v) is 13.8. The van der Waals surface area contributed by atoms with Crippen LogP contribution in [-0.2, 0) is 4.79 Å². The number of amides is 1. The molecule has 0 spiro atoms. The number of rotatable bonds is 7. The molecule has 2 aliphatic rings. The Labute approximate surface area is 239 Å². The lowest BCUT2D eigenvalue weighted by atomic mass is 9.96. The summed E-state index contributed by atoms with van der Waals surface area (Å²) >= 11 is 1.38. The monoisotopic (exact) mass is 580 g/mol. The topological polar surface area (TPSA) is 85.0 Å². The molecular weight excluding hydrogens is 553 g/mol. The molecule has 1 fully saturated rings. The van der Waals surface area contributed by atoms with Crippen LogP contribution in [0.15, 0.2) is 88.9 Å². The third kappa shape index (κ3) is 6.59. The fraction of sp³-hybridized carbons (Fsp3) is 0.276. The van der Waals surface area contributed by atoms with Gasteiger partial charge in [0.15, 0.2) is 11.0 Å². The molecule has 1 aliphatic heterocycles. The van der Waals surface area contributed by atoms with Crippen LogP contribution in [0.5, 0.6) is 5.75 Å². The second kappa shape index (κ2) is 11.7. The summed E-state index contributed by atoms with van der Waals surface area (Å²) in [5.74, 6) is 0.434. The fourth-order valence-corrected chi connectivity index (χ4v) is 5.36. The number of anilines is 1. The van der Waals surface area contributed by atoms with Gasteiger partial charge in [-0.3, -0.25) is 9.69 Å². The molecule has 0 bridgehead atoms. The van der Waals surface area contributed by atoms with Gasteiger partial charge in [0.25, 0.3) is 0 Å². The molecule has 1 aromatic heterocycles. The maximum absolute atomic E-state index is 13.0. The summed E-state index contributed by atoms with van der Waals surface area (Å²) in [4.78, 5) is 19.0. The molecule has 1 aliphatic carbocycles. The molecule has 0 saturated carbocycles. The first-order chi connectivity index (χ1) is 19.6. The molecule has 0 N–H and O–H groups in total. The van der Waals surface area contributed by atoms with Crippen LogP contribution < -0.4 is 9.64 Å². The molecule has 12 heteroatoms. The minimum atomic E-state index is -4.74. The Kier molecular flexibility index (Phi) is 8.11. The van der Waals surface area contributed by atoms with Gasteiger partial charge in [-0.05, 0) is 60.7 Å². The number of para-hydroxylation sites is 1. The SMILES string of the molecule is CC1S/C(=N\N=C\C2=CCC(c3ncn(-c4ccc(OC(F)(F)F)cc4)n3)C=C2)N(c2ccccc2C(C)C)C1=O. The lowest BCUT2D eigenvalue weighted by molar-refractivity contribution is -0.274. The molecule has 41 heavy (non-hydrogen) atoms. The van der Waals surface area contributed by atoms with Crippen LogP contribution >= 0.6 is 11.8 Å². The Balaban J connectivity index is 1.24. The highest BCUT2D eigenvalue weighted by Crippen LogP contribution is 2.36. The van der Waals surface area contributed by atoms with Crippen molar-refractivity contribution in [3.63, 3.8) is 0 Å². The van der Waals surface area contributed by atoms with E-state index in [1.54, 1.807) is 11.1 Å². The van der Waals surface area contributed by atoms with Gasteiger partial charge in [0, 0.05) is 5.92 Å². The number of aromatic nitrogens is 3. The zero-order valence-corrected chi connectivity index (χ0v) is 23.3. The van der Waals surface area contributed by atoms with Crippen LogP contribution in [0.3, 0.4) is 0 Å². The minimum absolute atomic E-state index is 0.0193. The van der Waals surface area contributed by atoms with Crippen molar-refractivity contribution >= 4 is 34.7 Å². The number of ether oxygens (including phenoxy) is 1. The maximum atomic E-state index is 13.0. The van der Waals surface area contributed by atoms with Crippen LogP contribution in [0.2, 0.25) is 0 Å². The number of hydrogen-bond donors (Lipinski definition) is 0. The predicted molar refractivity (Wildman–Crippen MR) is 154 cm³/mol. The average Bonchev–Trinajstić information content (AvgIpc) is 3.53. The average molecular weight is 581 g/mol. The van der Waals surface area contributed by atoms with Crippen molar-refractivity contribution in [2.75, 3.05) is 4.90 Å². The summed E-state index contributed by atoms with van der Waals surface area (Å²) < 4.78 is 42.6. The number of alkyl halides is 3. The summed E-state index contributed by atoms with van der Waals surface area (Å²) in [5.41, 5.74) is 3.32. The molecule has 1 amide bonds. The lowest BCUT2D eigenvalue weighted by Gasteiger charge is -2.21. The van der Waals surface area contributed by atoms with Crippen molar-refractivity contribution < 1.29 is 22.7 Å². The van der Waals surface area contributed by atoms with Gasteiger partial charge in [-0.25, -0.2) is 9.67 Å². The number of nitrogens with zero attached hydrogens (tertiary/aromatic N) is 6. The van der Waals surface area contributed by atoms with Gasteiger partial charge in [-0.1, -0.05) is 62.0 Å². The molecule has 2 unspecified atom stereocenters. The normalized spacial score (nSPS) is 20.5. The molecule has 0 radical (unpaired) electrons. The number of halogens is 3. The standard InChI is InChI=1S/C29H27F3N6O2S/c1-18(2)24-6-4-5-7-25(24)38-27(39)19(3)41-28(38)35-34-16-20-8-10-21(11-9-20)26-33-17-37(36-26)22-12-14-23(15-13-22)40-29(30,31)32/h4-10,12-19,21H,11H2,1-3H3/b34-16+,35-28-. The van der Waals surface area contributed by atoms with E-state index in [-0.39, 0.29) is 28.7 Å². The van der Waals surface area contributed by atoms with Crippen molar-refractivity contribution in [3.05, 3.63) is 90.0 Å². The van der Waals surface area contributed by atoms with E-state index in [1.807, 2.05) is 49.4 Å². The van der Waals surface area contributed by atoms with Gasteiger partial charge in [-0.2, -0.15) is 10.2 Å². The van der Waals surface area contributed by atoms with E-state index in [2.05, 4.69) is 38.9 Å². The van der Waals surface area contributed by atoms with Gasteiger partial charge in [0.2, 0.25) is 5.91 Å². The first-order valence-electron chi connectivity index (χ1n) is 13.0. The van der Waals surface area contributed by atoms with E-state index >= 15 is 0 Å². The summed E-state index contributed by atoms with van der Waals surface area (Å²) in [5, 5.41) is 13.4. The van der Waals surface area contributed by atoms with Crippen LogP contribution in [-0.4, -0.2) is 43.7 Å². The molecule has 2 aromatic carbocycles. The zero-order valence-electron chi connectivity index (χ0n) is 22.5. The van der Waals surface area contributed by atoms with Gasteiger partial charge in [0.1, 0.15) is 12.1 Å². The summed E-state index contributed by atoms with van der Waals surface area (Å²) in [6.07, 6.45) is 4.93. The number of thioether (sulfide) groups is 1. The van der Waals surface area contributed by atoms with Crippen LogP contribution in [0.4, 0.5) is 18.9 Å². The summed E-state index contributed by atoms with van der Waals surface area (Å²) in [6.45, 7) is 6.05.